The molecule has 3 aliphatic rings. The smallest absolute Gasteiger partial charge is 0.333 e. The lowest BCUT2D eigenvalue weighted by Crippen LogP contribution is -2.71. The molecule has 13 heteroatoms. The molecule has 0 spiro atoms. The number of β-lactam (4-membered cyclic amide) rings is 1. The molecule has 2 saturated heterocycles. The summed E-state index contributed by atoms with van der Waals surface area (Å²) < 4.78 is 19.6. The minimum absolute atomic E-state index is 0. The molecule has 4 rings (SSSR count). The van der Waals surface area contributed by atoms with Crippen LogP contribution in [0.1, 0.15) is 26.3 Å². The van der Waals surface area contributed by atoms with E-state index in [1.54, 1.807) is 18.2 Å². The minimum Gasteiger partial charge on any atom is -0.454 e. The number of carbonyl (C=O) groups excluding carboxylic acids is 4. The van der Waals surface area contributed by atoms with Crippen LogP contribution in [0.2, 0.25) is 0 Å². The van der Waals surface area contributed by atoms with E-state index in [0.717, 1.165) is 5.56 Å². The van der Waals surface area contributed by atoms with Gasteiger partial charge in [0.1, 0.15) is 17.5 Å². The van der Waals surface area contributed by atoms with Crippen molar-refractivity contribution >= 4 is 47.9 Å². The van der Waals surface area contributed by atoms with Gasteiger partial charge in [0, 0.05) is 11.7 Å². The molecule has 2 amide bonds. The lowest BCUT2D eigenvalue weighted by atomic mass is 9.95. The van der Waals surface area contributed by atoms with Gasteiger partial charge in [-0.15, -0.1) is 24.2 Å². The number of hydrogen-bond acceptors (Lipinski definition) is 10. The van der Waals surface area contributed by atoms with E-state index in [9.17, 15) is 19.2 Å². The molecule has 0 saturated carbocycles. The van der Waals surface area contributed by atoms with Crippen molar-refractivity contribution < 1.29 is 38.1 Å². The van der Waals surface area contributed by atoms with Crippen LogP contribution >= 0.6 is 24.2 Å². The first-order valence-corrected chi connectivity index (χ1v) is 11.2. The number of thioether (sulfide) groups is 1. The van der Waals surface area contributed by atoms with Crippen molar-refractivity contribution in [2.45, 2.75) is 55.4 Å². The Balaban J connectivity index is 0.00000324. The van der Waals surface area contributed by atoms with Gasteiger partial charge < -0.3 is 34.9 Å². The zero-order valence-electron chi connectivity index (χ0n) is 18.8. The Kier molecular flexibility index (Phi) is 7.53. The number of halogens is 1. The van der Waals surface area contributed by atoms with Crippen molar-refractivity contribution in [1.82, 2.24) is 10.2 Å². The molecule has 0 bridgehead atoms. The molecule has 1 aromatic rings. The topological polar surface area (TPSA) is 146 Å². The molecule has 186 valence electrons. The van der Waals surface area contributed by atoms with Gasteiger partial charge in [0.25, 0.3) is 0 Å². The first-order valence-electron chi connectivity index (χ1n) is 10.3. The SMILES string of the molecule is CC(=O)OCOC(=O)[C@@H]1N2C(=O)[C@@H](NC(=O)C(N)Cc3ccc4c(c3)OCO4)[C@H]2SC1(C)C.Cl. The molecule has 4 atom stereocenters. The first kappa shape index (κ1) is 25.9. The summed E-state index contributed by atoms with van der Waals surface area (Å²) in [6.07, 6.45) is 0.251. The second kappa shape index (κ2) is 9.88. The fourth-order valence-corrected chi connectivity index (χ4v) is 5.67. The Bertz CT molecular complexity index is 1010. The van der Waals surface area contributed by atoms with Crippen LogP contribution in [0, 0.1) is 0 Å². The molecule has 0 aromatic heterocycles. The van der Waals surface area contributed by atoms with Crippen LogP contribution in [-0.2, 0) is 35.1 Å². The molecule has 0 radical (unpaired) electrons. The molecule has 1 unspecified atom stereocenters. The third kappa shape index (κ3) is 4.89. The number of nitrogens with zero attached hydrogens (tertiary/aromatic N) is 1. The number of fused-ring (bicyclic) bond motifs is 2. The van der Waals surface area contributed by atoms with Gasteiger partial charge in [-0.05, 0) is 38.0 Å². The molecule has 3 N–H and O–H groups in total. The molecule has 3 aliphatic heterocycles. The lowest BCUT2D eigenvalue weighted by molar-refractivity contribution is -0.175. The number of carbonyl (C=O) groups is 4. The second-order valence-corrected chi connectivity index (χ2v) is 10.2. The van der Waals surface area contributed by atoms with Crippen LogP contribution in [0.5, 0.6) is 11.5 Å². The Morgan fingerprint density at radius 3 is 2.68 bits per heavy atom. The average Bonchev–Trinajstić information content (AvgIpc) is 3.31. The highest BCUT2D eigenvalue weighted by molar-refractivity contribution is 8.01. The highest BCUT2D eigenvalue weighted by atomic mass is 35.5. The number of nitrogens with one attached hydrogen (secondary N) is 1. The summed E-state index contributed by atoms with van der Waals surface area (Å²) in [7, 11) is 0. The zero-order chi connectivity index (χ0) is 23.9. The Labute approximate surface area is 206 Å². The normalized spacial score (nSPS) is 24.3. The highest BCUT2D eigenvalue weighted by Crippen LogP contribution is 2.51. The summed E-state index contributed by atoms with van der Waals surface area (Å²) in [4.78, 5) is 50.3. The number of benzene rings is 1. The number of ether oxygens (including phenoxy) is 4. The summed E-state index contributed by atoms with van der Waals surface area (Å²) in [5.74, 6) is -0.879. The third-order valence-electron chi connectivity index (χ3n) is 5.65. The van der Waals surface area contributed by atoms with Gasteiger partial charge in [0.15, 0.2) is 11.5 Å². The van der Waals surface area contributed by atoms with Gasteiger partial charge in [-0.25, -0.2) is 4.79 Å². The van der Waals surface area contributed by atoms with E-state index in [1.165, 1.54) is 23.6 Å². The Morgan fingerprint density at radius 2 is 1.97 bits per heavy atom. The number of amides is 2. The molecular formula is C21H26ClN3O8S. The van der Waals surface area contributed by atoms with Gasteiger partial charge in [0.2, 0.25) is 25.4 Å². The summed E-state index contributed by atoms with van der Waals surface area (Å²) >= 11 is 1.39. The molecule has 11 nitrogen and oxygen atoms in total. The van der Waals surface area contributed by atoms with Crippen LogP contribution in [0.25, 0.3) is 0 Å². The van der Waals surface area contributed by atoms with Crippen molar-refractivity contribution in [3.63, 3.8) is 0 Å². The second-order valence-electron chi connectivity index (χ2n) is 8.46. The summed E-state index contributed by atoms with van der Waals surface area (Å²) in [6.45, 7) is 4.45. The fourth-order valence-electron chi connectivity index (χ4n) is 4.05. The maximum atomic E-state index is 12.8. The van der Waals surface area contributed by atoms with Crippen LogP contribution in [0.15, 0.2) is 18.2 Å². The monoisotopic (exact) mass is 515 g/mol. The minimum atomic E-state index is -0.879. The summed E-state index contributed by atoms with van der Waals surface area (Å²) in [5.41, 5.74) is 6.88. The van der Waals surface area contributed by atoms with E-state index in [4.69, 9.17) is 19.9 Å². The van der Waals surface area contributed by atoms with E-state index in [0.29, 0.717) is 11.5 Å². The summed E-state index contributed by atoms with van der Waals surface area (Å²) in [6, 6.07) is 2.79. The first-order chi connectivity index (χ1) is 15.6. The van der Waals surface area contributed by atoms with Gasteiger partial charge in [0.05, 0.1) is 6.04 Å². The van der Waals surface area contributed by atoms with E-state index >= 15 is 0 Å². The number of hydrogen-bond donors (Lipinski definition) is 2. The van der Waals surface area contributed by atoms with Gasteiger partial charge in [-0.2, -0.15) is 0 Å². The maximum Gasteiger partial charge on any atom is 0.333 e. The van der Waals surface area contributed by atoms with E-state index in [1.807, 2.05) is 13.8 Å². The van der Waals surface area contributed by atoms with E-state index in [-0.39, 0.29) is 25.6 Å². The molecule has 1 aromatic carbocycles. The van der Waals surface area contributed by atoms with Crippen LogP contribution in [-0.4, -0.2) is 70.5 Å². The Morgan fingerprint density at radius 1 is 1.26 bits per heavy atom. The predicted octanol–water partition coefficient (Wildman–Crippen LogP) is 0.318. The molecule has 2 fully saturated rings. The molecular weight excluding hydrogens is 490 g/mol. The van der Waals surface area contributed by atoms with Crippen molar-refractivity contribution in [2.75, 3.05) is 13.6 Å². The third-order valence-corrected chi connectivity index (χ3v) is 7.23. The van der Waals surface area contributed by atoms with Crippen molar-refractivity contribution in [3.8, 4) is 11.5 Å². The number of esters is 2. The Hall–Kier alpha value is -2.70. The van der Waals surface area contributed by atoms with Gasteiger partial charge >= 0.3 is 11.9 Å². The standard InChI is InChI=1S/C21H25N3O8S.ClH/c1-10(25)29-8-32-20(28)16-21(2,3)33-19-15(18(27)24(16)19)23-17(26)12(22)6-11-4-5-13-14(7-11)31-9-30-13;/h4-5,7,12,15-16,19H,6,8-9,22H2,1-3H3,(H,23,26);1H/t12?,15-,16+,19-;/m1./s1. The van der Waals surface area contributed by atoms with Crippen LogP contribution in [0.3, 0.4) is 0 Å². The molecule has 0 aliphatic carbocycles. The van der Waals surface area contributed by atoms with Crippen molar-refractivity contribution in [1.29, 1.82) is 0 Å². The van der Waals surface area contributed by atoms with Crippen LogP contribution < -0.4 is 20.5 Å². The van der Waals surface area contributed by atoms with Crippen LogP contribution in [0.4, 0.5) is 0 Å². The zero-order valence-corrected chi connectivity index (χ0v) is 20.4. The van der Waals surface area contributed by atoms with Gasteiger partial charge in [-0.1, -0.05) is 6.07 Å². The predicted molar refractivity (Wildman–Crippen MR) is 122 cm³/mol. The van der Waals surface area contributed by atoms with E-state index < -0.39 is 58.8 Å². The summed E-state index contributed by atoms with van der Waals surface area (Å²) in [5, 5.41) is 2.28. The molecule has 34 heavy (non-hydrogen) atoms. The molecule has 3 heterocycles. The number of nitrogens with two attached hydrogens (primary N) is 1. The quantitative estimate of drug-likeness (QED) is 0.295. The number of rotatable bonds is 7. The maximum absolute atomic E-state index is 12.8. The van der Waals surface area contributed by atoms with Crippen molar-refractivity contribution in [3.05, 3.63) is 23.8 Å². The fraction of sp³-hybridized carbons (Fsp3) is 0.524. The highest BCUT2D eigenvalue weighted by Gasteiger charge is 2.64. The van der Waals surface area contributed by atoms with Crippen molar-refractivity contribution in [2.24, 2.45) is 5.73 Å². The average molecular weight is 516 g/mol. The lowest BCUT2D eigenvalue weighted by Gasteiger charge is -2.44. The van der Waals surface area contributed by atoms with Gasteiger partial charge in [-0.3, -0.25) is 14.4 Å². The largest absolute Gasteiger partial charge is 0.454 e. The van der Waals surface area contributed by atoms with E-state index in [2.05, 4.69) is 10.1 Å².